The Balaban J connectivity index is 0.000000257. The number of carboxylic acids is 1. The zero-order chi connectivity index (χ0) is 19.1. The van der Waals surface area contributed by atoms with Crippen LogP contribution in [0.2, 0.25) is 30.1 Å². The Morgan fingerprint density at radius 3 is 1.84 bits per heavy atom. The van der Waals surface area contributed by atoms with Crippen molar-refractivity contribution in [2.45, 2.75) is 5.88 Å². The highest BCUT2D eigenvalue weighted by atomic mass is 35.5. The van der Waals surface area contributed by atoms with Crippen LogP contribution in [-0.4, -0.2) is 17.7 Å². The van der Waals surface area contributed by atoms with Gasteiger partial charge in [0, 0.05) is 26.7 Å². The Hall–Kier alpha value is -0.260. The summed E-state index contributed by atoms with van der Waals surface area (Å²) in [4.78, 5) is 10.2. The first-order valence-electron chi connectivity index (χ1n) is 6.34. The van der Waals surface area contributed by atoms with Crippen molar-refractivity contribution in [2.75, 3.05) is 6.61 Å². The molecule has 10 heteroatoms. The molecule has 0 spiro atoms. The van der Waals surface area contributed by atoms with Gasteiger partial charge in [-0.1, -0.05) is 69.6 Å². The first-order chi connectivity index (χ1) is 11.6. The monoisotopic (exact) mass is 482 g/mol. The molecule has 0 aliphatic rings. The van der Waals surface area contributed by atoms with Crippen LogP contribution >= 0.6 is 81.2 Å². The van der Waals surface area contributed by atoms with Gasteiger partial charge in [-0.25, -0.2) is 4.79 Å². The second kappa shape index (κ2) is 10.8. The summed E-state index contributed by atoms with van der Waals surface area (Å²) in [5.41, 5.74) is 0.722. The van der Waals surface area contributed by atoms with Gasteiger partial charge in [-0.3, -0.25) is 0 Å². The normalized spacial score (nSPS) is 10.0. The van der Waals surface area contributed by atoms with Crippen LogP contribution in [0.25, 0.3) is 0 Å². The zero-order valence-corrected chi connectivity index (χ0v) is 17.4. The molecule has 0 unspecified atom stereocenters. The van der Waals surface area contributed by atoms with E-state index in [4.69, 9.17) is 91.0 Å². The molecule has 0 radical (unpaired) electrons. The molecule has 3 nitrogen and oxygen atoms in total. The summed E-state index contributed by atoms with van der Waals surface area (Å²) in [5, 5.41) is 10.7. The lowest BCUT2D eigenvalue weighted by molar-refractivity contribution is -0.139. The second-order valence-electron chi connectivity index (χ2n) is 4.36. The van der Waals surface area contributed by atoms with E-state index in [1.165, 1.54) is 12.1 Å². The molecule has 0 bridgehead atoms. The van der Waals surface area contributed by atoms with Crippen molar-refractivity contribution in [3.8, 4) is 5.75 Å². The van der Waals surface area contributed by atoms with Crippen LogP contribution in [0.4, 0.5) is 0 Å². The van der Waals surface area contributed by atoms with Crippen LogP contribution in [0, 0.1) is 0 Å². The number of carbonyl (C=O) groups is 1. The van der Waals surface area contributed by atoms with Gasteiger partial charge in [0.15, 0.2) is 6.61 Å². The highest BCUT2D eigenvalue weighted by molar-refractivity contribution is 6.43. The summed E-state index contributed by atoms with van der Waals surface area (Å²) in [7, 11) is 0. The van der Waals surface area contributed by atoms with Crippen LogP contribution in [0.5, 0.6) is 5.75 Å². The van der Waals surface area contributed by atoms with Crippen molar-refractivity contribution >= 4 is 87.2 Å². The number of carboxylic acid groups (broad SMARTS) is 1. The maximum Gasteiger partial charge on any atom is 0.341 e. The number of hydrogen-bond donors (Lipinski definition) is 1. The zero-order valence-electron chi connectivity index (χ0n) is 12.1. The number of halogens is 7. The lowest BCUT2D eigenvalue weighted by Gasteiger charge is -2.06. The Labute approximate surface area is 179 Å². The summed E-state index contributed by atoms with van der Waals surface area (Å²) in [6.07, 6.45) is 0. The van der Waals surface area contributed by atoms with Crippen LogP contribution in [0.1, 0.15) is 5.56 Å². The van der Waals surface area contributed by atoms with Gasteiger partial charge in [0.05, 0.1) is 20.9 Å². The minimum absolute atomic E-state index is 0.198. The third-order valence-corrected chi connectivity index (χ3v) is 4.74. The number of alkyl halides is 1. The van der Waals surface area contributed by atoms with E-state index in [1.807, 2.05) is 0 Å². The summed E-state index contributed by atoms with van der Waals surface area (Å²) in [6, 6.07) is 6.00. The fraction of sp³-hybridized carbons (Fsp3) is 0.133. The maximum atomic E-state index is 10.2. The molecule has 25 heavy (non-hydrogen) atoms. The number of hydrogen-bond acceptors (Lipinski definition) is 2. The topological polar surface area (TPSA) is 46.5 Å². The first kappa shape index (κ1) is 22.8. The number of rotatable bonds is 4. The Morgan fingerprint density at radius 2 is 1.36 bits per heavy atom. The fourth-order valence-electron chi connectivity index (χ4n) is 1.45. The van der Waals surface area contributed by atoms with Gasteiger partial charge >= 0.3 is 5.97 Å². The predicted octanol–water partition coefficient (Wildman–Crippen LogP) is 7.50. The molecule has 0 saturated carbocycles. The summed E-state index contributed by atoms with van der Waals surface area (Å²) < 4.78 is 4.86. The van der Waals surface area contributed by atoms with Crippen LogP contribution < -0.4 is 4.74 Å². The lowest BCUT2D eigenvalue weighted by atomic mass is 10.2. The minimum atomic E-state index is -1.09. The number of aliphatic carboxylic acids is 1. The third kappa shape index (κ3) is 7.48. The third-order valence-electron chi connectivity index (χ3n) is 2.57. The second-order valence-corrected chi connectivity index (χ2v) is 7.10. The Bertz CT molecular complexity index is 742. The van der Waals surface area contributed by atoms with Crippen LogP contribution in [0.15, 0.2) is 24.3 Å². The first-order valence-corrected chi connectivity index (χ1v) is 9.14. The van der Waals surface area contributed by atoms with E-state index in [-0.39, 0.29) is 15.8 Å². The van der Waals surface area contributed by atoms with Crippen molar-refractivity contribution < 1.29 is 14.6 Å². The summed E-state index contributed by atoms with van der Waals surface area (Å²) in [6.45, 7) is -0.475. The van der Waals surface area contributed by atoms with Gasteiger partial charge < -0.3 is 9.84 Å². The molecule has 0 atom stereocenters. The molecule has 0 heterocycles. The van der Waals surface area contributed by atoms with E-state index in [1.54, 1.807) is 12.1 Å². The molecule has 0 amide bonds. The molecule has 136 valence electrons. The Kier molecular flexibility index (Phi) is 9.83. The van der Waals surface area contributed by atoms with Gasteiger partial charge in [-0.2, -0.15) is 0 Å². The molecule has 1 N–H and O–H groups in total. The van der Waals surface area contributed by atoms with Gasteiger partial charge in [-0.05, 0) is 18.2 Å². The van der Waals surface area contributed by atoms with Crippen molar-refractivity contribution in [2.24, 2.45) is 0 Å². The molecule has 2 aromatic rings. The standard InChI is InChI=1S/C8H5Cl3O3.C7H4Cl4/c9-4-1-6(11)7(2-5(4)10)14-3-8(12)13;8-3-5-6(10)1-4(9)2-7(5)11/h1-2H,3H2,(H,12,13);1-2H,3H2. The van der Waals surface area contributed by atoms with E-state index in [0.29, 0.717) is 26.0 Å². The molecule has 0 saturated heterocycles. The lowest BCUT2D eigenvalue weighted by Crippen LogP contribution is -2.09. The molecule has 2 rings (SSSR count). The van der Waals surface area contributed by atoms with Crippen molar-refractivity contribution in [3.63, 3.8) is 0 Å². The van der Waals surface area contributed by atoms with E-state index >= 15 is 0 Å². The fourth-order valence-corrected chi connectivity index (χ4v) is 3.42. The average molecular weight is 485 g/mol. The van der Waals surface area contributed by atoms with E-state index < -0.39 is 12.6 Å². The van der Waals surface area contributed by atoms with E-state index in [0.717, 1.165) is 5.56 Å². The van der Waals surface area contributed by atoms with Crippen molar-refractivity contribution in [1.29, 1.82) is 0 Å². The van der Waals surface area contributed by atoms with Crippen LogP contribution in [-0.2, 0) is 10.7 Å². The average Bonchev–Trinajstić information content (AvgIpc) is 2.49. The number of benzene rings is 2. The molecule has 2 aromatic carbocycles. The smallest absolute Gasteiger partial charge is 0.341 e. The molecule has 0 aromatic heterocycles. The van der Waals surface area contributed by atoms with E-state index in [2.05, 4.69) is 0 Å². The van der Waals surface area contributed by atoms with Gasteiger partial charge in [0.25, 0.3) is 0 Å². The quantitative estimate of drug-likeness (QED) is 0.360. The summed E-state index contributed by atoms with van der Waals surface area (Å²) >= 11 is 39.9. The van der Waals surface area contributed by atoms with E-state index in [9.17, 15) is 4.79 Å². The largest absolute Gasteiger partial charge is 0.480 e. The van der Waals surface area contributed by atoms with Gasteiger partial charge in [-0.15, -0.1) is 11.6 Å². The highest BCUT2D eigenvalue weighted by Gasteiger charge is 2.08. The van der Waals surface area contributed by atoms with Crippen molar-refractivity contribution in [3.05, 3.63) is 60.0 Å². The van der Waals surface area contributed by atoms with Gasteiger partial charge in [0.2, 0.25) is 0 Å². The number of ether oxygens (including phenoxy) is 1. The molecular weight excluding hydrogens is 476 g/mol. The maximum absolute atomic E-state index is 10.2. The molecular formula is C15H9Cl7O3. The van der Waals surface area contributed by atoms with Crippen LogP contribution in [0.3, 0.4) is 0 Å². The molecule has 0 aliphatic heterocycles. The minimum Gasteiger partial charge on any atom is -0.480 e. The highest BCUT2D eigenvalue weighted by Crippen LogP contribution is 2.33. The Morgan fingerprint density at radius 1 is 0.840 bits per heavy atom. The van der Waals surface area contributed by atoms with Crippen molar-refractivity contribution in [1.82, 2.24) is 0 Å². The molecule has 0 fully saturated rings. The van der Waals surface area contributed by atoms with Gasteiger partial charge in [0.1, 0.15) is 5.75 Å². The SMILES string of the molecule is ClCc1c(Cl)cc(Cl)cc1Cl.O=C(O)COc1cc(Cl)c(Cl)cc1Cl. The molecule has 0 aliphatic carbocycles. The summed E-state index contributed by atoms with van der Waals surface area (Å²) in [5.74, 6) is -0.593. The predicted molar refractivity (Wildman–Crippen MR) is 106 cm³/mol.